The molecule has 0 amide bonds. The number of methoxy groups -OCH3 is 1. The Kier molecular flexibility index (Phi) is 6.53. The first-order chi connectivity index (χ1) is 12.5. The standard InChI is InChI=1S/C20H30O6/c1-25-15-8-7-13(10-14(15)9-12-5-3-2-4-6-12)20-19(24)18(23)17(22)16(11-21)26-20/h7-8,10,12,16-24H,2-6,9,11H2,1H3. The third-order valence-electron chi connectivity index (χ3n) is 5.76. The Morgan fingerprint density at radius 2 is 1.77 bits per heavy atom. The largest absolute Gasteiger partial charge is 0.496 e. The van der Waals surface area contributed by atoms with Crippen LogP contribution in [0.4, 0.5) is 0 Å². The van der Waals surface area contributed by atoms with E-state index < -0.39 is 37.1 Å². The summed E-state index contributed by atoms with van der Waals surface area (Å²) in [5.41, 5.74) is 1.78. The van der Waals surface area contributed by atoms with Crippen LogP contribution in [-0.4, -0.2) is 58.6 Å². The van der Waals surface area contributed by atoms with Gasteiger partial charge >= 0.3 is 0 Å². The molecule has 1 saturated carbocycles. The fraction of sp³-hybridized carbons (Fsp3) is 0.700. The Balaban J connectivity index is 1.83. The highest BCUT2D eigenvalue weighted by Crippen LogP contribution is 2.36. The van der Waals surface area contributed by atoms with Gasteiger partial charge in [0.25, 0.3) is 0 Å². The third kappa shape index (κ3) is 4.05. The summed E-state index contributed by atoms with van der Waals surface area (Å²) in [5.74, 6) is 1.44. The molecule has 4 N–H and O–H groups in total. The number of aliphatic hydroxyl groups excluding tert-OH is 4. The first-order valence-electron chi connectivity index (χ1n) is 9.52. The lowest BCUT2D eigenvalue weighted by atomic mass is 9.83. The predicted molar refractivity (Wildman–Crippen MR) is 96.0 cm³/mol. The van der Waals surface area contributed by atoms with Crippen molar-refractivity contribution in [3.63, 3.8) is 0 Å². The van der Waals surface area contributed by atoms with E-state index in [9.17, 15) is 20.4 Å². The number of ether oxygens (including phenoxy) is 2. The van der Waals surface area contributed by atoms with Gasteiger partial charge in [0.05, 0.1) is 13.7 Å². The van der Waals surface area contributed by atoms with Crippen molar-refractivity contribution in [1.82, 2.24) is 0 Å². The first-order valence-corrected chi connectivity index (χ1v) is 9.52. The SMILES string of the molecule is COc1ccc(C2OC(CO)C(O)C(O)C2O)cc1CC1CCCCC1. The maximum atomic E-state index is 10.4. The van der Waals surface area contributed by atoms with Gasteiger partial charge < -0.3 is 29.9 Å². The molecule has 1 aromatic rings. The third-order valence-corrected chi connectivity index (χ3v) is 5.76. The molecule has 0 bridgehead atoms. The Hall–Kier alpha value is -1.18. The second-order valence-corrected chi connectivity index (χ2v) is 7.53. The second kappa shape index (κ2) is 8.67. The van der Waals surface area contributed by atoms with E-state index in [0.717, 1.165) is 17.7 Å². The zero-order chi connectivity index (χ0) is 18.7. The van der Waals surface area contributed by atoms with Gasteiger partial charge in [-0.2, -0.15) is 0 Å². The van der Waals surface area contributed by atoms with Crippen molar-refractivity contribution in [2.75, 3.05) is 13.7 Å². The number of hydrogen-bond donors (Lipinski definition) is 4. The molecule has 6 heteroatoms. The zero-order valence-corrected chi connectivity index (χ0v) is 15.3. The van der Waals surface area contributed by atoms with Crippen molar-refractivity contribution < 1.29 is 29.9 Å². The molecule has 1 heterocycles. The van der Waals surface area contributed by atoms with Gasteiger partial charge in [0.2, 0.25) is 0 Å². The van der Waals surface area contributed by atoms with E-state index >= 15 is 0 Å². The van der Waals surface area contributed by atoms with Crippen molar-refractivity contribution in [3.8, 4) is 5.75 Å². The van der Waals surface area contributed by atoms with Crippen molar-refractivity contribution in [3.05, 3.63) is 29.3 Å². The molecule has 1 aliphatic heterocycles. The monoisotopic (exact) mass is 366 g/mol. The Bertz CT molecular complexity index is 584. The molecule has 1 saturated heterocycles. The first kappa shape index (κ1) is 19.6. The van der Waals surface area contributed by atoms with Gasteiger partial charge in [-0.25, -0.2) is 0 Å². The van der Waals surface area contributed by atoms with E-state index in [4.69, 9.17) is 9.47 Å². The van der Waals surface area contributed by atoms with E-state index in [-0.39, 0.29) is 0 Å². The van der Waals surface area contributed by atoms with Crippen LogP contribution < -0.4 is 4.74 Å². The van der Waals surface area contributed by atoms with E-state index in [0.29, 0.717) is 11.5 Å². The van der Waals surface area contributed by atoms with E-state index in [1.165, 1.54) is 32.1 Å². The van der Waals surface area contributed by atoms with Gasteiger partial charge in [0, 0.05) is 0 Å². The highest BCUT2D eigenvalue weighted by Gasteiger charge is 2.44. The number of benzene rings is 1. The molecule has 0 spiro atoms. The fourth-order valence-electron chi connectivity index (χ4n) is 4.21. The minimum Gasteiger partial charge on any atom is -0.496 e. The Morgan fingerprint density at radius 1 is 1.04 bits per heavy atom. The summed E-state index contributed by atoms with van der Waals surface area (Å²) in [6.07, 6.45) is 1.50. The molecule has 2 fully saturated rings. The van der Waals surface area contributed by atoms with Gasteiger partial charge in [-0.05, 0) is 35.6 Å². The van der Waals surface area contributed by atoms with Crippen LogP contribution in [0.2, 0.25) is 0 Å². The minimum absolute atomic E-state index is 0.424. The minimum atomic E-state index is -1.37. The molecule has 1 aliphatic carbocycles. The Morgan fingerprint density at radius 3 is 2.42 bits per heavy atom. The maximum absolute atomic E-state index is 10.4. The molecular formula is C20H30O6. The topological polar surface area (TPSA) is 99.4 Å². The van der Waals surface area contributed by atoms with E-state index in [1.54, 1.807) is 13.2 Å². The van der Waals surface area contributed by atoms with Crippen molar-refractivity contribution in [2.45, 2.75) is 69.0 Å². The van der Waals surface area contributed by atoms with Crippen molar-refractivity contribution >= 4 is 0 Å². The van der Waals surface area contributed by atoms with Crippen molar-refractivity contribution in [1.29, 1.82) is 0 Å². The summed E-state index contributed by atoms with van der Waals surface area (Å²) in [5, 5.41) is 39.8. The quantitative estimate of drug-likeness (QED) is 0.628. The van der Waals surface area contributed by atoms with Crippen LogP contribution in [0.3, 0.4) is 0 Å². The highest BCUT2D eigenvalue weighted by molar-refractivity contribution is 5.39. The van der Waals surface area contributed by atoms with Crippen LogP contribution in [0, 0.1) is 5.92 Å². The average Bonchev–Trinajstić information content (AvgIpc) is 2.67. The molecular weight excluding hydrogens is 336 g/mol. The molecule has 0 radical (unpaired) electrons. The lowest BCUT2D eigenvalue weighted by molar-refractivity contribution is -0.231. The predicted octanol–water partition coefficient (Wildman–Crippen LogP) is 1.33. The zero-order valence-electron chi connectivity index (χ0n) is 15.3. The lowest BCUT2D eigenvalue weighted by Gasteiger charge is -2.40. The van der Waals surface area contributed by atoms with Gasteiger partial charge in [-0.15, -0.1) is 0 Å². The van der Waals surface area contributed by atoms with E-state index in [2.05, 4.69) is 0 Å². The normalized spacial score (nSPS) is 33.2. The molecule has 6 nitrogen and oxygen atoms in total. The average molecular weight is 366 g/mol. The summed E-state index contributed by atoms with van der Waals surface area (Å²) in [4.78, 5) is 0. The smallest absolute Gasteiger partial charge is 0.122 e. The van der Waals surface area contributed by atoms with Crippen LogP contribution >= 0.6 is 0 Å². The van der Waals surface area contributed by atoms with Crippen LogP contribution in [-0.2, 0) is 11.2 Å². The maximum Gasteiger partial charge on any atom is 0.122 e. The van der Waals surface area contributed by atoms with Crippen LogP contribution in [0.5, 0.6) is 5.75 Å². The summed E-state index contributed by atoms with van der Waals surface area (Å²) in [6.45, 7) is -0.424. The molecule has 146 valence electrons. The fourth-order valence-corrected chi connectivity index (χ4v) is 4.21. The molecule has 5 unspecified atom stereocenters. The van der Waals surface area contributed by atoms with Gasteiger partial charge in [0.15, 0.2) is 0 Å². The molecule has 3 rings (SSSR count). The van der Waals surface area contributed by atoms with Crippen LogP contribution in [0.15, 0.2) is 18.2 Å². The molecule has 26 heavy (non-hydrogen) atoms. The van der Waals surface area contributed by atoms with Crippen LogP contribution in [0.1, 0.15) is 49.3 Å². The summed E-state index contributed by atoms with van der Waals surface area (Å²) in [6, 6.07) is 5.62. The van der Waals surface area contributed by atoms with E-state index in [1.807, 2.05) is 12.1 Å². The molecule has 2 aliphatic rings. The Labute approximate surface area is 154 Å². The highest BCUT2D eigenvalue weighted by atomic mass is 16.5. The summed E-state index contributed by atoms with van der Waals surface area (Å²) >= 11 is 0. The molecule has 1 aromatic carbocycles. The van der Waals surface area contributed by atoms with Gasteiger partial charge in [0.1, 0.15) is 36.3 Å². The molecule has 5 atom stereocenters. The number of hydrogen-bond acceptors (Lipinski definition) is 6. The van der Waals surface area contributed by atoms with Gasteiger partial charge in [-0.3, -0.25) is 0 Å². The summed E-state index contributed by atoms with van der Waals surface area (Å²) < 4.78 is 11.2. The summed E-state index contributed by atoms with van der Waals surface area (Å²) in [7, 11) is 1.65. The second-order valence-electron chi connectivity index (χ2n) is 7.53. The number of rotatable bonds is 5. The lowest BCUT2D eigenvalue weighted by Crippen LogP contribution is -2.55. The van der Waals surface area contributed by atoms with Crippen molar-refractivity contribution in [2.24, 2.45) is 5.92 Å². The van der Waals surface area contributed by atoms with Gasteiger partial charge in [-0.1, -0.05) is 38.2 Å². The number of aliphatic hydroxyl groups is 4. The van der Waals surface area contributed by atoms with Crippen LogP contribution in [0.25, 0.3) is 0 Å². The molecule has 0 aromatic heterocycles.